The summed E-state index contributed by atoms with van der Waals surface area (Å²) >= 11 is 0. The lowest BCUT2D eigenvalue weighted by molar-refractivity contribution is 0.0263. The summed E-state index contributed by atoms with van der Waals surface area (Å²) in [6.45, 7) is 0. The minimum absolute atomic E-state index is 0.0128. The number of halogens is 1. The van der Waals surface area contributed by atoms with Crippen LogP contribution < -0.4 is 11.4 Å². The van der Waals surface area contributed by atoms with Crippen molar-refractivity contribution in [2.45, 2.75) is 17.8 Å². The van der Waals surface area contributed by atoms with Gasteiger partial charge in [0, 0.05) is 11.8 Å². The van der Waals surface area contributed by atoms with Crippen LogP contribution in [0.1, 0.15) is 12.1 Å². The molecule has 6 heteroatoms. The third-order valence-corrected chi connectivity index (χ3v) is 7.05. The Morgan fingerprint density at radius 2 is 1.64 bits per heavy atom. The highest BCUT2D eigenvalue weighted by molar-refractivity contribution is 5.45. The first-order valence-corrected chi connectivity index (χ1v) is 7.88. The fourth-order valence-corrected chi connectivity index (χ4v) is 6.57. The summed E-state index contributed by atoms with van der Waals surface area (Å²) in [7, 11) is 0. The first-order chi connectivity index (χ1) is 10.7. The van der Waals surface area contributed by atoms with Gasteiger partial charge in [0.15, 0.2) is 0 Å². The first kappa shape index (κ1) is 10.6. The number of aromatic nitrogens is 3. The molecule has 3 heterocycles. The highest BCUT2D eigenvalue weighted by Crippen LogP contribution is 2.94. The minimum Gasteiger partial charge on any atom is -0.245 e. The van der Waals surface area contributed by atoms with Crippen LogP contribution in [-0.4, -0.2) is 19.6 Å². The summed E-state index contributed by atoms with van der Waals surface area (Å²) < 4.78 is 19.5. The van der Waals surface area contributed by atoms with Gasteiger partial charge in [-0.3, -0.25) is 0 Å². The maximum atomic E-state index is 15.2. The van der Waals surface area contributed by atoms with Gasteiger partial charge >= 0.3 is 11.4 Å². The Bertz CT molecular complexity index is 1000. The summed E-state index contributed by atoms with van der Waals surface area (Å²) in [5.74, 6) is 1.28. The minimum atomic E-state index is -1.20. The molecule has 0 unspecified atom stereocenters. The van der Waals surface area contributed by atoms with Crippen LogP contribution in [0.25, 0.3) is 5.69 Å². The fraction of sp³-hybridized carbons (Fsp3) is 0.500. The molecule has 5 nitrogen and oxygen atoms in total. The fourth-order valence-electron chi connectivity index (χ4n) is 6.57. The molecule has 0 radical (unpaired) electrons. The van der Waals surface area contributed by atoms with Gasteiger partial charge in [-0.1, -0.05) is 18.2 Å². The van der Waals surface area contributed by atoms with Crippen molar-refractivity contribution in [3.8, 4) is 5.69 Å². The number of nitrogens with zero attached hydrogens (tertiary/aromatic N) is 3. The van der Waals surface area contributed by atoms with Crippen LogP contribution in [0.15, 0.2) is 39.9 Å². The predicted octanol–water partition coefficient (Wildman–Crippen LogP) is 0.740. The van der Waals surface area contributed by atoms with E-state index in [1.807, 2.05) is 6.07 Å². The average Bonchev–Trinajstić information content (AvgIpc) is 3.26. The number of hydrogen-bond donors (Lipinski definition) is 0. The van der Waals surface area contributed by atoms with Crippen molar-refractivity contribution in [2.75, 3.05) is 0 Å². The van der Waals surface area contributed by atoms with Gasteiger partial charge in [-0.15, -0.1) is 0 Å². The van der Waals surface area contributed by atoms with E-state index in [-0.39, 0.29) is 29.3 Å². The summed E-state index contributed by atoms with van der Waals surface area (Å²) in [4.78, 5) is 25.7. The van der Waals surface area contributed by atoms with Crippen LogP contribution in [0, 0.1) is 29.6 Å². The predicted molar refractivity (Wildman–Crippen MR) is 73.7 cm³/mol. The number of para-hydroxylation sites is 1. The topological polar surface area (TPSA) is 48.9 Å². The van der Waals surface area contributed by atoms with Gasteiger partial charge < -0.3 is 0 Å². The molecule has 0 saturated heterocycles. The highest BCUT2D eigenvalue weighted by atomic mass is 19.1. The molecule has 0 spiro atoms. The van der Waals surface area contributed by atoms with Crippen LogP contribution in [0.4, 0.5) is 4.39 Å². The monoisotopic (exact) mass is 297 g/mol. The Morgan fingerprint density at radius 1 is 0.909 bits per heavy atom. The highest BCUT2D eigenvalue weighted by Gasteiger charge is 2.98. The molecule has 4 fully saturated rings. The third kappa shape index (κ3) is 0.725. The van der Waals surface area contributed by atoms with Crippen molar-refractivity contribution in [3.05, 3.63) is 51.3 Å². The molecule has 22 heavy (non-hydrogen) atoms. The summed E-state index contributed by atoms with van der Waals surface area (Å²) in [5.41, 5.74) is -1.31. The Labute approximate surface area is 123 Å². The Hall–Kier alpha value is -2.11. The second kappa shape index (κ2) is 2.64. The molecule has 8 rings (SSSR count). The number of alkyl halides is 1. The summed E-state index contributed by atoms with van der Waals surface area (Å²) in [5, 5.41) is 0. The van der Waals surface area contributed by atoms with E-state index in [0.717, 1.165) is 0 Å². The lowest BCUT2D eigenvalue weighted by atomic mass is 9.87. The molecule has 2 aliphatic heterocycles. The van der Waals surface area contributed by atoms with Crippen LogP contribution in [0.5, 0.6) is 0 Å². The molecule has 4 saturated carbocycles. The van der Waals surface area contributed by atoms with E-state index >= 15 is 4.39 Å². The molecule has 6 aliphatic rings. The lowest BCUT2D eigenvalue weighted by Crippen LogP contribution is -2.49. The molecule has 8 atom stereocenters. The zero-order valence-electron chi connectivity index (χ0n) is 11.5. The first-order valence-electron chi connectivity index (χ1n) is 7.88. The van der Waals surface area contributed by atoms with Crippen molar-refractivity contribution < 1.29 is 4.39 Å². The number of hydrogen-bond acceptors (Lipinski definition) is 2. The standard InChI is InChI=1S/C16H12FN3O2/c17-16-10-7-8-9(7)13(16)20-15(22)18(6-4-2-1-3-5-6)14(21)19(20)12(8)11(10)16/h1-5,7-13H/t7-,8-,9-,10+,11-,12+,13-,16+/m0/s1. The SMILES string of the molecule is O=c1n(-c2ccccc2)c(=O)n2n1[C@@H]1[C@H]3[C@H]4[C@@H]3[C@H]2[C@@]2(F)[C@H]4[C@@H]12. The van der Waals surface area contributed by atoms with E-state index in [1.54, 1.807) is 28.9 Å². The summed E-state index contributed by atoms with van der Waals surface area (Å²) in [6, 6.07) is 8.45. The Balaban J connectivity index is 1.59. The Kier molecular flexibility index (Phi) is 1.27. The van der Waals surface area contributed by atoms with Gasteiger partial charge in [0.25, 0.3) is 0 Å². The average molecular weight is 297 g/mol. The maximum Gasteiger partial charge on any atom is 0.352 e. The van der Waals surface area contributed by atoms with Gasteiger partial charge in [-0.05, 0) is 29.9 Å². The van der Waals surface area contributed by atoms with Crippen molar-refractivity contribution >= 4 is 0 Å². The zero-order valence-corrected chi connectivity index (χ0v) is 11.5. The van der Waals surface area contributed by atoms with E-state index in [9.17, 15) is 9.59 Å². The van der Waals surface area contributed by atoms with Gasteiger partial charge in [-0.2, -0.15) is 0 Å². The lowest BCUT2D eigenvalue weighted by Gasteiger charge is -2.39. The van der Waals surface area contributed by atoms with Crippen LogP contribution in [-0.2, 0) is 0 Å². The van der Waals surface area contributed by atoms with E-state index in [0.29, 0.717) is 23.4 Å². The molecule has 1 aromatic heterocycles. The second-order valence-corrected chi connectivity index (χ2v) is 7.47. The second-order valence-electron chi connectivity index (χ2n) is 7.47. The van der Waals surface area contributed by atoms with Crippen LogP contribution in [0.2, 0.25) is 0 Å². The zero-order chi connectivity index (χ0) is 14.5. The smallest absolute Gasteiger partial charge is 0.245 e. The molecular weight excluding hydrogens is 285 g/mol. The van der Waals surface area contributed by atoms with Crippen molar-refractivity contribution in [3.63, 3.8) is 0 Å². The van der Waals surface area contributed by atoms with Gasteiger partial charge in [0.2, 0.25) is 0 Å². The van der Waals surface area contributed by atoms with Crippen molar-refractivity contribution in [2.24, 2.45) is 29.6 Å². The largest absolute Gasteiger partial charge is 0.352 e. The van der Waals surface area contributed by atoms with E-state index in [2.05, 4.69) is 0 Å². The quantitative estimate of drug-likeness (QED) is 0.779. The van der Waals surface area contributed by atoms with Crippen molar-refractivity contribution in [1.29, 1.82) is 0 Å². The number of rotatable bonds is 1. The molecule has 1 aromatic carbocycles. The third-order valence-electron chi connectivity index (χ3n) is 7.05. The van der Waals surface area contributed by atoms with Gasteiger partial charge in [0.1, 0.15) is 5.67 Å². The normalized spacial score (nSPS) is 50.1. The van der Waals surface area contributed by atoms with Crippen molar-refractivity contribution in [1.82, 2.24) is 13.9 Å². The molecular formula is C16H12FN3O2. The van der Waals surface area contributed by atoms with E-state index in [4.69, 9.17) is 0 Å². The maximum absolute atomic E-state index is 15.2. The molecule has 2 aromatic rings. The molecule has 0 amide bonds. The van der Waals surface area contributed by atoms with E-state index in [1.165, 1.54) is 9.25 Å². The van der Waals surface area contributed by atoms with Gasteiger partial charge in [-0.25, -0.2) is 27.9 Å². The number of benzene rings is 1. The molecule has 2 bridgehead atoms. The molecule has 4 aliphatic carbocycles. The van der Waals surface area contributed by atoms with E-state index < -0.39 is 11.7 Å². The molecule has 0 N–H and O–H groups in total. The summed E-state index contributed by atoms with van der Waals surface area (Å²) in [6.07, 6.45) is 0. The van der Waals surface area contributed by atoms with Crippen LogP contribution >= 0.6 is 0 Å². The van der Waals surface area contributed by atoms with Crippen LogP contribution in [0.3, 0.4) is 0 Å². The molecule has 110 valence electrons. The Morgan fingerprint density at radius 3 is 2.32 bits per heavy atom. The van der Waals surface area contributed by atoms with Gasteiger partial charge in [0.05, 0.1) is 17.8 Å².